The SMILES string of the molecule is CC1(C)Cc2cc3ccsc3cc21. The fraction of sp³-hybridized carbons (Fsp3) is 0.333. The number of benzene rings is 1. The summed E-state index contributed by atoms with van der Waals surface area (Å²) in [4.78, 5) is 0. The summed E-state index contributed by atoms with van der Waals surface area (Å²) in [5.41, 5.74) is 3.53. The van der Waals surface area contributed by atoms with E-state index in [2.05, 4.69) is 37.4 Å². The molecule has 13 heavy (non-hydrogen) atoms. The van der Waals surface area contributed by atoms with E-state index in [1.807, 2.05) is 11.3 Å². The van der Waals surface area contributed by atoms with Crippen molar-refractivity contribution in [1.82, 2.24) is 0 Å². The van der Waals surface area contributed by atoms with Gasteiger partial charge in [0.05, 0.1) is 0 Å². The van der Waals surface area contributed by atoms with Gasteiger partial charge in [0.2, 0.25) is 0 Å². The van der Waals surface area contributed by atoms with Crippen LogP contribution in [0.15, 0.2) is 23.6 Å². The lowest BCUT2D eigenvalue weighted by molar-refractivity contribution is 0.457. The largest absolute Gasteiger partial charge is 0.144 e. The molecule has 1 aliphatic rings. The van der Waals surface area contributed by atoms with E-state index in [-0.39, 0.29) is 0 Å². The van der Waals surface area contributed by atoms with Crippen LogP contribution in [0.25, 0.3) is 10.1 Å². The van der Waals surface area contributed by atoms with Crippen LogP contribution in [0.4, 0.5) is 0 Å². The van der Waals surface area contributed by atoms with Gasteiger partial charge in [0.25, 0.3) is 0 Å². The molecule has 0 fully saturated rings. The van der Waals surface area contributed by atoms with Crippen LogP contribution < -0.4 is 0 Å². The van der Waals surface area contributed by atoms with Crippen molar-refractivity contribution in [3.8, 4) is 0 Å². The molecule has 0 saturated heterocycles. The van der Waals surface area contributed by atoms with Crippen molar-refractivity contribution in [1.29, 1.82) is 0 Å². The van der Waals surface area contributed by atoms with E-state index in [1.54, 1.807) is 11.1 Å². The Labute approximate surface area is 82.2 Å². The highest BCUT2D eigenvalue weighted by Crippen LogP contribution is 2.43. The first-order valence-electron chi connectivity index (χ1n) is 4.67. The van der Waals surface area contributed by atoms with E-state index in [4.69, 9.17) is 0 Å². The van der Waals surface area contributed by atoms with Gasteiger partial charge in [-0.3, -0.25) is 0 Å². The minimum atomic E-state index is 0.424. The molecule has 66 valence electrons. The summed E-state index contributed by atoms with van der Waals surface area (Å²) in [5, 5.41) is 3.59. The molecule has 0 N–H and O–H groups in total. The van der Waals surface area contributed by atoms with Crippen LogP contribution in [0.1, 0.15) is 25.0 Å². The first-order valence-corrected chi connectivity index (χ1v) is 5.55. The third-order valence-corrected chi connectivity index (χ3v) is 3.92. The highest BCUT2D eigenvalue weighted by atomic mass is 32.1. The second-order valence-electron chi connectivity index (χ2n) is 4.53. The molecule has 0 aliphatic heterocycles. The van der Waals surface area contributed by atoms with Gasteiger partial charge < -0.3 is 0 Å². The lowest BCUT2D eigenvalue weighted by Crippen LogP contribution is -2.32. The van der Waals surface area contributed by atoms with Crippen LogP contribution in [0.5, 0.6) is 0 Å². The zero-order chi connectivity index (χ0) is 9.05. The number of fused-ring (bicyclic) bond motifs is 2. The number of thiophene rings is 1. The van der Waals surface area contributed by atoms with E-state index >= 15 is 0 Å². The Morgan fingerprint density at radius 1 is 1.31 bits per heavy atom. The van der Waals surface area contributed by atoms with Crippen molar-refractivity contribution in [2.75, 3.05) is 0 Å². The normalized spacial score (nSPS) is 18.3. The average molecular weight is 188 g/mol. The topological polar surface area (TPSA) is 0 Å². The maximum Gasteiger partial charge on any atom is 0.0345 e. The zero-order valence-electron chi connectivity index (χ0n) is 7.92. The Bertz CT molecular complexity index is 477. The first kappa shape index (κ1) is 7.57. The molecule has 0 radical (unpaired) electrons. The van der Waals surface area contributed by atoms with E-state index < -0.39 is 0 Å². The molecule has 1 aliphatic carbocycles. The molecule has 0 saturated carbocycles. The zero-order valence-corrected chi connectivity index (χ0v) is 8.74. The molecule has 0 unspecified atom stereocenters. The van der Waals surface area contributed by atoms with Crippen LogP contribution in [-0.2, 0) is 11.8 Å². The summed E-state index contributed by atoms with van der Waals surface area (Å²) < 4.78 is 1.44. The fourth-order valence-corrected chi connectivity index (χ4v) is 3.11. The predicted molar refractivity (Wildman–Crippen MR) is 58.6 cm³/mol. The first-order chi connectivity index (χ1) is 6.17. The second-order valence-corrected chi connectivity index (χ2v) is 5.48. The molecule has 0 bridgehead atoms. The highest BCUT2D eigenvalue weighted by Gasteiger charge is 2.33. The van der Waals surface area contributed by atoms with Gasteiger partial charge in [-0.1, -0.05) is 13.8 Å². The quantitative estimate of drug-likeness (QED) is 0.591. The van der Waals surface area contributed by atoms with E-state index in [0.717, 1.165) is 0 Å². The molecule has 0 spiro atoms. The number of hydrogen-bond donors (Lipinski definition) is 0. The Morgan fingerprint density at radius 3 is 2.92 bits per heavy atom. The van der Waals surface area contributed by atoms with Gasteiger partial charge in [-0.05, 0) is 51.9 Å². The Balaban J connectivity index is 2.34. The Kier molecular flexibility index (Phi) is 1.26. The summed E-state index contributed by atoms with van der Waals surface area (Å²) in [6.07, 6.45) is 1.24. The smallest absolute Gasteiger partial charge is 0.0345 e. The summed E-state index contributed by atoms with van der Waals surface area (Å²) >= 11 is 1.84. The van der Waals surface area contributed by atoms with Crippen molar-refractivity contribution in [3.05, 3.63) is 34.7 Å². The maximum absolute atomic E-state index is 2.37. The molecule has 0 atom stereocenters. The van der Waals surface area contributed by atoms with E-state index in [0.29, 0.717) is 5.41 Å². The van der Waals surface area contributed by atoms with Gasteiger partial charge in [-0.25, -0.2) is 0 Å². The van der Waals surface area contributed by atoms with Gasteiger partial charge in [0.15, 0.2) is 0 Å². The van der Waals surface area contributed by atoms with Gasteiger partial charge in [0.1, 0.15) is 0 Å². The van der Waals surface area contributed by atoms with Gasteiger partial charge in [-0.15, -0.1) is 11.3 Å². The molecular weight excluding hydrogens is 176 g/mol. The van der Waals surface area contributed by atoms with Crippen LogP contribution >= 0.6 is 11.3 Å². The monoisotopic (exact) mass is 188 g/mol. The number of rotatable bonds is 0. The third-order valence-electron chi connectivity index (χ3n) is 3.04. The van der Waals surface area contributed by atoms with Crippen LogP contribution in [0.2, 0.25) is 0 Å². The molecule has 2 aromatic rings. The maximum atomic E-state index is 2.37. The van der Waals surface area contributed by atoms with Gasteiger partial charge in [0, 0.05) is 4.70 Å². The lowest BCUT2D eigenvalue weighted by Gasteiger charge is -2.38. The highest BCUT2D eigenvalue weighted by molar-refractivity contribution is 7.17. The molecule has 1 heterocycles. The van der Waals surface area contributed by atoms with Crippen LogP contribution in [-0.4, -0.2) is 0 Å². The van der Waals surface area contributed by atoms with Gasteiger partial charge in [-0.2, -0.15) is 0 Å². The average Bonchev–Trinajstić information content (AvgIpc) is 2.48. The molecule has 0 nitrogen and oxygen atoms in total. The van der Waals surface area contributed by atoms with Crippen molar-refractivity contribution >= 4 is 21.4 Å². The molecular formula is C12H12S. The molecule has 1 heteroatoms. The molecule has 1 aromatic carbocycles. The molecule has 3 rings (SSSR count). The Hall–Kier alpha value is -0.820. The third kappa shape index (κ3) is 0.910. The summed E-state index contributed by atoms with van der Waals surface area (Å²) in [6.45, 7) is 4.66. The summed E-state index contributed by atoms with van der Waals surface area (Å²) in [6, 6.07) is 6.94. The van der Waals surface area contributed by atoms with Crippen molar-refractivity contribution in [2.24, 2.45) is 0 Å². The molecule has 0 amide bonds. The van der Waals surface area contributed by atoms with Crippen LogP contribution in [0.3, 0.4) is 0 Å². The lowest BCUT2D eigenvalue weighted by atomic mass is 9.66. The predicted octanol–water partition coefficient (Wildman–Crippen LogP) is 3.74. The van der Waals surface area contributed by atoms with Crippen molar-refractivity contribution < 1.29 is 0 Å². The molecule has 1 aromatic heterocycles. The van der Waals surface area contributed by atoms with Crippen molar-refractivity contribution in [3.63, 3.8) is 0 Å². The fourth-order valence-electron chi connectivity index (χ4n) is 2.30. The standard InChI is InChI=1S/C12H12S/c1-12(2)7-9-5-8-3-4-13-11(8)6-10(9)12/h3-6H,7H2,1-2H3. The summed E-state index contributed by atoms with van der Waals surface area (Å²) in [7, 11) is 0. The Morgan fingerprint density at radius 2 is 2.15 bits per heavy atom. The van der Waals surface area contributed by atoms with E-state index in [1.165, 1.54) is 16.5 Å². The van der Waals surface area contributed by atoms with E-state index in [9.17, 15) is 0 Å². The number of hydrogen-bond acceptors (Lipinski definition) is 1. The van der Waals surface area contributed by atoms with Gasteiger partial charge >= 0.3 is 0 Å². The minimum Gasteiger partial charge on any atom is -0.144 e. The van der Waals surface area contributed by atoms with Crippen molar-refractivity contribution in [2.45, 2.75) is 25.7 Å². The minimum absolute atomic E-state index is 0.424. The summed E-state index contributed by atoms with van der Waals surface area (Å²) in [5.74, 6) is 0. The van der Waals surface area contributed by atoms with Crippen LogP contribution in [0, 0.1) is 0 Å². The second kappa shape index (κ2) is 2.16.